The molecule has 5 heteroatoms. The molecule has 2 aromatic heterocycles. The van der Waals surface area contributed by atoms with Gasteiger partial charge in [-0.1, -0.05) is 0 Å². The molecular formula is C15H16N4O. The summed E-state index contributed by atoms with van der Waals surface area (Å²) in [5.41, 5.74) is 3.70. The van der Waals surface area contributed by atoms with Gasteiger partial charge >= 0.3 is 0 Å². The van der Waals surface area contributed by atoms with E-state index in [1.165, 1.54) is 0 Å². The molecule has 5 nitrogen and oxygen atoms in total. The lowest BCUT2D eigenvalue weighted by molar-refractivity contribution is -0.119. The van der Waals surface area contributed by atoms with Gasteiger partial charge < -0.3 is 4.90 Å². The summed E-state index contributed by atoms with van der Waals surface area (Å²) < 4.78 is 0. The van der Waals surface area contributed by atoms with Crippen LogP contribution in [0.2, 0.25) is 0 Å². The molecule has 3 heterocycles. The smallest absolute Gasteiger partial charge is 0.235 e. The molecule has 0 fully saturated rings. The number of anilines is 1. The van der Waals surface area contributed by atoms with E-state index < -0.39 is 0 Å². The van der Waals surface area contributed by atoms with Crippen molar-refractivity contribution in [1.82, 2.24) is 15.0 Å². The Balaban J connectivity index is 1.88. The van der Waals surface area contributed by atoms with Crippen LogP contribution >= 0.6 is 0 Å². The number of hydrogen-bond acceptors (Lipinski definition) is 4. The summed E-state index contributed by atoms with van der Waals surface area (Å²) in [5.74, 6) is -0.244. The predicted octanol–water partition coefficient (Wildman–Crippen LogP) is 1.87. The quantitative estimate of drug-likeness (QED) is 0.834. The summed E-state index contributed by atoms with van der Waals surface area (Å²) in [6.45, 7) is 4.54. The summed E-state index contributed by atoms with van der Waals surface area (Å²) >= 11 is 0. The summed E-state index contributed by atoms with van der Waals surface area (Å²) in [7, 11) is 0. The predicted molar refractivity (Wildman–Crippen MR) is 75.5 cm³/mol. The number of aromatic nitrogens is 3. The van der Waals surface area contributed by atoms with Crippen molar-refractivity contribution in [3.63, 3.8) is 0 Å². The standard InChI is InChI=1S/C15H16N4O/c1-10-7-14-12(18-8-10)3-6-19(14)15(20)11(2)13-9-16-4-5-17-13/h4-5,7-9,11H,3,6H2,1-2H3. The van der Waals surface area contributed by atoms with Crippen LogP contribution in [0.15, 0.2) is 30.9 Å². The zero-order valence-electron chi connectivity index (χ0n) is 11.6. The highest BCUT2D eigenvalue weighted by Crippen LogP contribution is 2.29. The highest BCUT2D eigenvalue weighted by Gasteiger charge is 2.30. The number of aryl methyl sites for hydroxylation is 1. The normalized spacial score (nSPS) is 15.0. The molecule has 0 bridgehead atoms. The van der Waals surface area contributed by atoms with Crippen LogP contribution in [0.4, 0.5) is 5.69 Å². The highest BCUT2D eigenvalue weighted by atomic mass is 16.2. The maximum atomic E-state index is 12.7. The van der Waals surface area contributed by atoms with Gasteiger partial charge in [0.1, 0.15) is 0 Å². The van der Waals surface area contributed by atoms with Crippen molar-refractivity contribution in [2.45, 2.75) is 26.2 Å². The van der Waals surface area contributed by atoms with Gasteiger partial charge in [0.2, 0.25) is 5.91 Å². The zero-order chi connectivity index (χ0) is 14.1. The third-order valence-electron chi connectivity index (χ3n) is 3.61. The number of amides is 1. The molecular weight excluding hydrogens is 252 g/mol. The first kappa shape index (κ1) is 12.7. The minimum Gasteiger partial charge on any atom is -0.310 e. The van der Waals surface area contributed by atoms with Crippen molar-refractivity contribution in [1.29, 1.82) is 0 Å². The van der Waals surface area contributed by atoms with Crippen LogP contribution in [0.25, 0.3) is 0 Å². The second-order valence-corrected chi connectivity index (χ2v) is 5.07. The van der Waals surface area contributed by atoms with E-state index in [2.05, 4.69) is 15.0 Å². The molecule has 0 aromatic carbocycles. The maximum absolute atomic E-state index is 12.7. The van der Waals surface area contributed by atoms with E-state index in [4.69, 9.17) is 0 Å². The van der Waals surface area contributed by atoms with E-state index in [-0.39, 0.29) is 11.8 Å². The number of pyridine rings is 1. The molecule has 3 rings (SSSR count). The number of nitrogens with zero attached hydrogens (tertiary/aromatic N) is 4. The third kappa shape index (κ3) is 2.15. The van der Waals surface area contributed by atoms with Crippen LogP contribution in [0.1, 0.15) is 29.8 Å². The van der Waals surface area contributed by atoms with Gasteiger partial charge in [0.15, 0.2) is 0 Å². The van der Waals surface area contributed by atoms with Crippen LogP contribution in [-0.4, -0.2) is 27.4 Å². The zero-order valence-corrected chi connectivity index (χ0v) is 11.6. The number of fused-ring (bicyclic) bond motifs is 1. The van der Waals surface area contributed by atoms with Gasteiger partial charge in [0.05, 0.1) is 23.0 Å². The number of rotatable bonds is 2. The fourth-order valence-electron chi connectivity index (χ4n) is 2.47. The summed E-state index contributed by atoms with van der Waals surface area (Å²) in [4.78, 5) is 27.1. The lowest BCUT2D eigenvalue weighted by Crippen LogP contribution is -2.33. The molecule has 1 unspecified atom stereocenters. The second-order valence-electron chi connectivity index (χ2n) is 5.07. The Morgan fingerprint density at radius 1 is 1.30 bits per heavy atom. The number of carbonyl (C=O) groups excluding carboxylic acids is 1. The van der Waals surface area contributed by atoms with Crippen LogP contribution in [-0.2, 0) is 11.2 Å². The van der Waals surface area contributed by atoms with Gasteiger partial charge in [-0.2, -0.15) is 0 Å². The van der Waals surface area contributed by atoms with Gasteiger partial charge in [0, 0.05) is 37.8 Å². The third-order valence-corrected chi connectivity index (χ3v) is 3.61. The van der Waals surface area contributed by atoms with Gasteiger partial charge in [-0.05, 0) is 25.5 Å². The van der Waals surface area contributed by atoms with E-state index in [0.717, 1.165) is 23.4 Å². The maximum Gasteiger partial charge on any atom is 0.235 e. The largest absolute Gasteiger partial charge is 0.310 e. The Labute approximate surface area is 117 Å². The van der Waals surface area contributed by atoms with Crippen LogP contribution in [0, 0.1) is 6.92 Å². The molecule has 0 radical (unpaired) electrons. The molecule has 0 spiro atoms. The van der Waals surface area contributed by atoms with E-state index in [0.29, 0.717) is 12.2 Å². The average molecular weight is 268 g/mol. The molecule has 0 saturated carbocycles. The van der Waals surface area contributed by atoms with Crippen molar-refractivity contribution in [2.24, 2.45) is 0 Å². The lowest BCUT2D eigenvalue weighted by atomic mass is 10.1. The van der Waals surface area contributed by atoms with Crippen molar-refractivity contribution in [2.75, 3.05) is 11.4 Å². The monoisotopic (exact) mass is 268 g/mol. The minimum atomic E-state index is -0.296. The van der Waals surface area contributed by atoms with E-state index in [9.17, 15) is 4.79 Å². The molecule has 2 aromatic rings. The Kier molecular flexibility index (Phi) is 3.18. The Hall–Kier alpha value is -2.30. The molecule has 0 N–H and O–H groups in total. The van der Waals surface area contributed by atoms with Gasteiger partial charge in [-0.25, -0.2) is 0 Å². The Morgan fingerprint density at radius 3 is 2.90 bits per heavy atom. The highest BCUT2D eigenvalue weighted by molar-refractivity contribution is 5.99. The second kappa shape index (κ2) is 5.00. The minimum absolute atomic E-state index is 0.0525. The van der Waals surface area contributed by atoms with E-state index in [1.807, 2.05) is 31.0 Å². The number of hydrogen-bond donors (Lipinski definition) is 0. The molecule has 1 aliphatic rings. The van der Waals surface area contributed by atoms with E-state index in [1.54, 1.807) is 18.6 Å². The number of carbonyl (C=O) groups is 1. The Bertz CT molecular complexity index is 642. The fourth-order valence-corrected chi connectivity index (χ4v) is 2.47. The lowest BCUT2D eigenvalue weighted by Gasteiger charge is -2.21. The van der Waals surface area contributed by atoms with Gasteiger partial charge in [-0.15, -0.1) is 0 Å². The first-order valence-electron chi connectivity index (χ1n) is 6.69. The molecule has 1 amide bonds. The van der Waals surface area contributed by atoms with Gasteiger partial charge in [-0.3, -0.25) is 19.7 Å². The first-order valence-corrected chi connectivity index (χ1v) is 6.69. The summed E-state index contributed by atoms with van der Waals surface area (Å²) in [6.07, 6.45) is 7.53. The van der Waals surface area contributed by atoms with Crippen molar-refractivity contribution < 1.29 is 4.79 Å². The topological polar surface area (TPSA) is 59.0 Å². The SMILES string of the molecule is Cc1cnc2c(c1)N(C(=O)C(C)c1cnccn1)CC2. The van der Waals surface area contributed by atoms with Crippen molar-refractivity contribution in [3.05, 3.63) is 47.8 Å². The molecule has 0 saturated heterocycles. The summed E-state index contributed by atoms with van der Waals surface area (Å²) in [6, 6.07) is 2.02. The average Bonchev–Trinajstić information content (AvgIpc) is 2.89. The fraction of sp³-hybridized carbons (Fsp3) is 0.333. The molecule has 1 atom stereocenters. The summed E-state index contributed by atoms with van der Waals surface area (Å²) in [5, 5.41) is 0. The Morgan fingerprint density at radius 2 is 2.15 bits per heavy atom. The van der Waals surface area contributed by atoms with Crippen LogP contribution in [0.3, 0.4) is 0 Å². The van der Waals surface area contributed by atoms with E-state index >= 15 is 0 Å². The first-order chi connectivity index (χ1) is 9.66. The van der Waals surface area contributed by atoms with Crippen LogP contribution < -0.4 is 4.90 Å². The molecule has 102 valence electrons. The van der Waals surface area contributed by atoms with Crippen molar-refractivity contribution in [3.8, 4) is 0 Å². The molecule has 0 aliphatic carbocycles. The van der Waals surface area contributed by atoms with Crippen LogP contribution in [0.5, 0.6) is 0 Å². The van der Waals surface area contributed by atoms with Crippen molar-refractivity contribution >= 4 is 11.6 Å². The molecule has 1 aliphatic heterocycles. The van der Waals surface area contributed by atoms with Gasteiger partial charge in [0.25, 0.3) is 0 Å². The molecule has 20 heavy (non-hydrogen) atoms.